The molecule has 2 aromatic carbocycles. The Kier molecular flexibility index (Phi) is 9.12. The molecule has 190 valence electrons. The van der Waals surface area contributed by atoms with E-state index in [9.17, 15) is 31.0 Å². The second-order valence-electron chi connectivity index (χ2n) is 7.51. The molecule has 0 spiro atoms. The molecule has 1 unspecified atom stereocenters. The molecule has 0 fully saturated rings. The molecule has 0 aliphatic carbocycles. The molecule has 0 aromatic heterocycles. The molecular formula is C21H25N3O9S2. The first-order valence-corrected chi connectivity index (χ1v) is 12.9. The van der Waals surface area contributed by atoms with Gasteiger partial charge in [0.2, 0.25) is 0 Å². The van der Waals surface area contributed by atoms with Crippen LogP contribution in [-0.2, 0) is 29.8 Å². The van der Waals surface area contributed by atoms with E-state index < -0.39 is 42.5 Å². The Hall–Kier alpha value is -3.30. The lowest BCUT2D eigenvalue weighted by molar-refractivity contribution is -0.121. The van der Waals surface area contributed by atoms with E-state index in [1.807, 2.05) is 0 Å². The van der Waals surface area contributed by atoms with Crippen LogP contribution in [0.15, 0.2) is 47.4 Å². The van der Waals surface area contributed by atoms with Crippen LogP contribution < -0.4 is 16.0 Å². The minimum Gasteiger partial charge on any atom is -0.355 e. The van der Waals surface area contributed by atoms with E-state index in [-0.39, 0.29) is 23.0 Å². The maximum atomic E-state index is 12.0. The highest BCUT2D eigenvalue weighted by molar-refractivity contribution is 7.87. The smallest absolute Gasteiger partial charge is 0.319 e. The van der Waals surface area contributed by atoms with Crippen molar-refractivity contribution in [2.24, 2.45) is 0 Å². The van der Waals surface area contributed by atoms with Gasteiger partial charge in [-0.25, -0.2) is 4.79 Å². The van der Waals surface area contributed by atoms with Gasteiger partial charge in [-0.05, 0) is 49.2 Å². The first-order chi connectivity index (χ1) is 16.2. The number of hydrogen-bond donors (Lipinski definition) is 5. The highest BCUT2D eigenvalue weighted by Gasteiger charge is 2.30. The van der Waals surface area contributed by atoms with Gasteiger partial charge < -0.3 is 20.7 Å². The quantitative estimate of drug-likeness (QED) is 0.241. The van der Waals surface area contributed by atoms with Crippen LogP contribution in [0.4, 0.5) is 16.2 Å². The molecule has 2 rings (SSSR count). The summed E-state index contributed by atoms with van der Waals surface area (Å²) in [4.78, 5) is 23.4. The summed E-state index contributed by atoms with van der Waals surface area (Å²) in [5.74, 6) is -1.09. The summed E-state index contributed by atoms with van der Waals surface area (Å²) in [6, 6.07) is 9.29. The van der Waals surface area contributed by atoms with Crippen molar-refractivity contribution in [2.45, 2.75) is 30.2 Å². The Morgan fingerprint density at radius 2 is 1.51 bits per heavy atom. The molecule has 0 saturated heterocycles. The molecule has 0 aliphatic heterocycles. The third-order valence-electron chi connectivity index (χ3n) is 4.30. The SMILES string of the molecule is COC(C(=O)Nc1ccc(/C=C/c2ccc(NC(=O)NC(C)C)cc2S(=O)(=O)O)cc1)S(=O)(=O)O. The summed E-state index contributed by atoms with van der Waals surface area (Å²) >= 11 is 0. The number of urea groups is 1. The highest BCUT2D eigenvalue weighted by atomic mass is 32.2. The van der Waals surface area contributed by atoms with E-state index in [0.717, 1.165) is 13.2 Å². The minimum atomic E-state index is -4.75. The van der Waals surface area contributed by atoms with Crippen molar-refractivity contribution in [3.05, 3.63) is 53.6 Å². The zero-order valence-corrected chi connectivity index (χ0v) is 20.6. The Labute approximate surface area is 202 Å². The van der Waals surface area contributed by atoms with Crippen LogP contribution in [0.5, 0.6) is 0 Å². The fraction of sp³-hybridized carbons (Fsp3) is 0.238. The van der Waals surface area contributed by atoms with Crippen LogP contribution in [0.3, 0.4) is 0 Å². The van der Waals surface area contributed by atoms with Crippen molar-refractivity contribution in [3.63, 3.8) is 0 Å². The van der Waals surface area contributed by atoms with E-state index in [2.05, 4.69) is 20.7 Å². The van der Waals surface area contributed by atoms with Crippen LogP contribution in [0, 0.1) is 0 Å². The summed E-state index contributed by atoms with van der Waals surface area (Å²) in [6.45, 7) is 3.51. The van der Waals surface area contributed by atoms with Crippen LogP contribution in [-0.4, -0.2) is 56.5 Å². The normalized spacial score (nSPS) is 13.0. The lowest BCUT2D eigenvalue weighted by Crippen LogP contribution is -2.36. The molecule has 3 amide bonds. The molecule has 0 bridgehead atoms. The number of anilines is 2. The monoisotopic (exact) mass is 527 g/mol. The van der Waals surface area contributed by atoms with Gasteiger partial charge in [0, 0.05) is 24.5 Å². The van der Waals surface area contributed by atoms with Crippen LogP contribution in [0.25, 0.3) is 12.2 Å². The Morgan fingerprint density at radius 3 is 2.03 bits per heavy atom. The van der Waals surface area contributed by atoms with E-state index in [1.54, 1.807) is 26.0 Å². The van der Waals surface area contributed by atoms with Gasteiger partial charge in [-0.15, -0.1) is 0 Å². The summed E-state index contributed by atoms with van der Waals surface area (Å²) in [7, 11) is -8.41. The molecule has 5 N–H and O–H groups in total. The third kappa shape index (κ3) is 8.45. The number of methoxy groups -OCH3 is 1. The fourth-order valence-corrected chi connectivity index (χ4v) is 4.11. The molecular weight excluding hydrogens is 502 g/mol. The van der Waals surface area contributed by atoms with Crippen molar-refractivity contribution in [1.29, 1.82) is 0 Å². The molecule has 2 aromatic rings. The van der Waals surface area contributed by atoms with Gasteiger partial charge in [0.1, 0.15) is 4.90 Å². The minimum absolute atomic E-state index is 0.137. The predicted molar refractivity (Wildman–Crippen MR) is 130 cm³/mol. The van der Waals surface area contributed by atoms with E-state index >= 15 is 0 Å². The predicted octanol–water partition coefficient (Wildman–Crippen LogP) is 2.43. The molecule has 0 radical (unpaired) electrons. The van der Waals surface area contributed by atoms with Gasteiger partial charge in [-0.3, -0.25) is 13.9 Å². The number of carbonyl (C=O) groups is 2. The Bertz CT molecular complexity index is 1320. The lowest BCUT2D eigenvalue weighted by atomic mass is 10.1. The van der Waals surface area contributed by atoms with E-state index in [1.165, 1.54) is 36.4 Å². The molecule has 0 heterocycles. The first-order valence-electron chi connectivity index (χ1n) is 9.98. The van der Waals surface area contributed by atoms with Crippen molar-refractivity contribution in [1.82, 2.24) is 5.32 Å². The van der Waals surface area contributed by atoms with E-state index in [0.29, 0.717) is 5.56 Å². The number of ether oxygens (including phenoxy) is 1. The lowest BCUT2D eigenvalue weighted by Gasteiger charge is -2.12. The molecule has 1 atom stereocenters. The average molecular weight is 528 g/mol. The summed E-state index contributed by atoms with van der Waals surface area (Å²) in [5.41, 5.74) is -0.995. The second-order valence-corrected chi connectivity index (χ2v) is 10.4. The standard InChI is InChI=1S/C21H25N3O9S2/c1-13(2)22-21(26)24-17-11-8-15(18(12-17)34(27,28)29)7-4-14-5-9-16(10-6-14)23-19(25)20(33-3)35(30,31)32/h4-13,20H,1-3H3,(H,23,25)(H2,22,24,26)(H,27,28,29)(H,30,31,32)/b7-4+. The maximum absolute atomic E-state index is 12.0. The van der Waals surface area contributed by atoms with Gasteiger partial charge in [0.25, 0.3) is 21.5 Å². The topological polar surface area (TPSA) is 188 Å². The first kappa shape index (κ1) is 27.9. The zero-order valence-electron chi connectivity index (χ0n) is 18.9. The molecule has 12 nitrogen and oxygen atoms in total. The van der Waals surface area contributed by atoms with Gasteiger partial charge in [0.05, 0.1) is 0 Å². The van der Waals surface area contributed by atoms with Crippen LogP contribution in [0.2, 0.25) is 0 Å². The molecule has 0 saturated carbocycles. The Morgan fingerprint density at radius 1 is 0.914 bits per heavy atom. The van der Waals surface area contributed by atoms with Crippen molar-refractivity contribution >= 4 is 55.7 Å². The van der Waals surface area contributed by atoms with E-state index in [4.69, 9.17) is 4.55 Å². The molecule has 0 aliphatic rings. The number of nitrogens with one attached hydrogen (secondary N) is 3. The summed E-state index contributed by atoms with van der Waals surface area (Å²) in [6.07, 6.45) is 2.96. The third-order valence-corrected chi connectivity index (χ3v) is 6.16. The number of amides is 3. The highest BCUT2D eigenvalue weighted by Crippen LogP contribution is 2.23. The van der Waals surface area contributed by atoms with Crippen LogP contribution >= 0.6 is 0 Å². The number of rotatable bonds is 9. The van der Waals surface area contributed by atoms with Crippen molar-refractivity contribution < 1.29 is 40.3 Å². The molecule has 14 heteroatoms. The summed E-state index contributed by atoms with van der Waals surface area (Å²) < 4.78 is 69.2. The van der Waals surface area contributed by atoms with Crippen molar-refractivity contribution in [2.75, 3.05) is 17.7 Å². The average Bonchev–Trinajstić information content (AvgIpc) is 2.72. The second kappa shape index (κ2) is 11.4. The molecule has 35 heavy (non-hydrogen) atoms. The maximum Gasteiger partial charge on any atom is 0.319 e. The number of carbonyl (C=O) groups excluding carboxylic acids is 2. The largest absolute Gasteiger partial charge is 0.355 e. The van der Waals surface area contributed by atoms with Gasteiger partial charge in [-0.2, -0.15) is 16.8 Å². The Balaban J connectivity index is 2.21. The van der Waals surface area contributed by atoms with Gasteiger partial charge in [-0.1, -0.05) is 30.4 Å². The zero-order chi connectivity index (χ0) is 26.4. The van der Waals surface area contributed by atoms with Gasteiger partial charge >= 0.3 is 16.1 Å². The van der Waals surface area contributed by atoms with Gasteiger partial charge in [0.15, 0.2) is 0 Å². The number of benzene rings is 2. The van der Waals surface area contributed by atoms with Crippen molar-refractivity contribution in [3.8, 4) is 0 Å². The number of hydrogen-bond acceptors (Lipinski definition) is 7. The van der Waals surface area contributed by atoms with Crippen LogP contribution in [0.1, 0.15) is 25.0 Å². The summed E-state index contributed by atoms with van der Waals surface area (Å²) in [5, 5.41) is 7.36. The fourth-order valence-electron chi connectivity index (χ4n) is 2.83.